The molecule has 2 heterocycles. The maximum atomic E-state index is 14.1. The van der Waals surface area contributed by atoms with E-state index in [4.69, 9.17) is 4.74 Å². The number of ether oxygens (including phenoxy) is 1. The zero-order valence-electron chi connectivity index (χ0n) is 21.8. The van der Waals surface area contributed by atoms with E-state index in [-0.39, 0.29) is 30.0 Å². The maximum absolute atomic E-state index is 14.1. The lowest BCUT2D eigenvalue weighted by molar-refractivity contribution is -0.0420. The van der Waals surface area contributed by atoms with Crippen LogP contribution >= 0.6 is 0 Å². The second-order valence-corrected chi connectivity index (χ2v) is 11.5. The van der Waals surface area contributed by atoms with E-state index in [2.05, 4.69) is 49.0 Å². The SMILES string of the molecule is C=CC[C@H](NC(=O)c1c(F)cccc1F)[C@H](O)CN[C@H]1CC2(CCC2)Oc2ncc(CC(C)(C)C)cc21. The fourth-order valence-electron chi connectivity index (χ4n) is 5.20. The number of nitrogens with one attached hydrogen (secondary N) is 2. The van der Waals surface area contributed by atoms with Gasteiger partial charge in [-0.15, -0.1) is 6.58 Å². The zero-order chi connectivity index (χ0) is 26.8. The average molecular weight is 514 g/mol. The lowest BCUT2D eigenvalue weighted by Gasteiger charge is -2.47. The van der Waals surface area contributed by atoms with E-state index in [1.807, 2.05) is 6.20 Å². The Morgan fingerprint density at radius 1 is 1.32 bits per heavy atom. The molecular weight excluding hydrogens is 476 g/mol. The fraction of sp³-hybridized carbons (Fsp3) is 0.517. The van der Waals surface area contributed by atoms with Crippen LogP contribution in [0.3, 0.4) is 0 Å². The van der Waals surface area contributed by atoms with Crippen molar-refractivity contribution in [3.63, 3.8) is 0 Å². The average Bonchev–Trinajstić information content (AvgIpc) is 2.80. The molecule has 1 spiro atoms. The molecule has 1 fully saturated rings. The van der Waals surface area contributed by atoms with Gasteiger partial charge in [-0.3, -0.25) is 4.79 Å². The first-order valence-corrected chi connectivity index (χ1v) is 13.0. The molecule has 0 saturated heterocycles. The number of carbonyl (C=O) groups is 1. The van der Waals surface area contributed by atoms with Crippen LogP contribution in [0.5, 0.6) is 5.88 Å². The van der Waals surface area contributed by atoms with Gasteiger partial charge in [-0.2, -0.15) is 0 Å². The van der Waals surface area contributed by atoms with Gasteiger partial charge >= 0.3 is 0 Å². The van der Waals surface area contributed by atoms with Gasteiger partial charge in [0.2, 0.25) is 5.88 Å². The van der Waals surface area contributed by atoms with E-state index < -0.39 is 35.3 Å². The van der Waals surface area contributed by atoms with Crippen LogP contribution < -0.4 is 15.4 Å². The largest absolute Gasteiger partial charge is 0.471 e. The van der Waals surface area contributed by atoms with Gasteiger partial charge in [-0.05, 0) is 61.3 Å². The molecule has 0 bridgehead atoms. The molecule has 1 aromatic heterocycles. The van der Waals surface area contributed by atoms with Gasteiger partial charge in [0.05, 0.1) is 12.1 Å². The number of amides is 1. The van der Waals surface area contributed by atoms with Crippen molar-refractivity contribution in [1.29, 1.82) is 0 Å². The molecule has 4 rings (SSSR count). The summed E-state index contributed by atoms with van der Waals surface area (Å²) < 4.78 is 34.5. The van der Waals surface area contributed by atoms with E-state index >= 15 is 0 Å². The molecule has 0 radical (unpaired) electrons. The number of aliphatic hydroxyl groups excluding tert-OH is 1. The zero-order valence-corrected chi connectivity index (χ0v) is 21.8. The molecule has 8 heteroatoms. The molecular formula is C29H37F2N3O3. The number of hydrogen-bond donors (Lipinski definition) is 3. The van der Waals surface area contributed by atoms with Crippen molar-refractivity contribution in [1.82, 2.24) is 15.6 Å². The van der Waals surface area contributed by atoms with E-state index in [1.165, 1.54) is 6.07 Å². The minimum atomic E-state index is -1.02. The Morgan fingerprint density at radius 2 is 2.03 bits per heavy atom. The van der Waals surface area contributed by atoms with E-state index in [0.29, 0.717) is 5.88 Å². The van der Waals surface area contributed by atoms with Crippen molar-refractivity contribution in [2.45, 2.75) is 83.1 Å². The van der Waals surface area contributed by atoms with Crippen molar-refractivity contribution >= 4 is 5.91 Å². The van der Waals surface area contributed by atoms with Crippen molar-refractivity contribution < 1.29 is 23.4 Å². The summed E-state index contributed by atoms with van der Waals surface area (Å²) in [6.45, 7) is 10.4. The normalized spacial score (nSPS) is 19.8. The highest BCUT2D eigenvalue weighted by Crippen LogP contribution is 2.48. The van der Waals surface area contributed by atoms with Gasteiger partial charge in [0.15, 0.2) is 0 Å². The first-order chi connectivity index (χ1) is 17.5. The van der Waals surface area contributed by atoms with Crippen molar-refractivity contribution in [2.24, 2.45) is 5.41 Å². The number of halogens is 2. The summed E-state index contributed by atoms with van der Waals surface area (Å²) in [6, 6.07) is 4.52. The van der Waals surface area contributed by atoms with Gasteiger partial charge in [-0.25, -0.2) is 13.8 Å². The summed E-state index contributed by atoms with van der Waals surface area (Å²) in [7, 11) is 0. The third-order valence-corrected chi connectivity index (χ3v) is 7.16. The Hall–Kier alpha value is -2.84. The minimum absolute atomic E-state index is 0.0878. The number of hydrogen-bond acceptors (Lipinski definition) is 5. The third-order valence-electron chi connectivity index (χ3n) is 7.16. The van der Waals surface area contributed by atoms with Crippen LogP contribution in [0.1, 0.15) is 80.4 Å². The summed E-state index contributed by atoms with van der Waals surface area (Å²) in [6.07, 6.45) is 7.30. The molecule has 200 valence electrons. The maximum Gasteiger partial charge on any atom is 0.257 e. The summed E-state index contributed by atoms with van der Waals surface area (Å²) in [5.41, 5.74) is 1.28. The lowest BCUT2D eigenvalue weighted by atomic mass is 9.73. The van der Waals surface area contributed by atoms with Gasteiger partial charge in [0.1, 0.15) is 22.8 Å². The number of benzene rings is 1. The highest BCUT2D eigenvalue weighted by molar-refractivity contribution is 5.95. The molecule has 2 aromatic rings. The predicted octanol–water partition coefficient (Wildman–Crippen LogP) is 5.02. The van der Waals surface area contributed by atoms with E-state index in [1.54, 1.807) is 6.08 Å². The number of aliphatic hydroxyl groups is 1. The fourth-order valence-corrected chi connectivity index (χ4v) is 5.20. The number of nitrogens with zero attached hydrogens (tertiary/aromatic N) is 1. The van der Waals surface area contributed by atoms with Gasteiger partial charge in [-0.1, -0.05) is 32.9 Å². The monoisotopic (exact) mass is 513 g/mol. The Kier molecular flexibility index (Phi) is 7.99. The molecule has 3 N–H and O–H groups in total. The van der Waals surface area contributed by atoms with Crippen LogP contribution in [0, 0.1) is 17.0 Å². The van der Waals surface area contributed by atoms with Crippen LogP contribution in [0.25, 0.3) is 0 Å². The second-order valence-electron chi connectivity index (χ2n) is 11.5. The summed E-state index contributed by atoms with van der Waals surface area (Å²) in [5, 5.41) is 17.0. The summed E-state index contributed by atoms with van der Waals surface area (Å²) in [4.78, 5) is 17.3. The van der Waals surface area contributed by atoms with Crippen LogP contribution in [-0.4, -0.2) is 40.3 Å². The number of carbonyl (C=O) groups excluding carboxylic acids is 1. The predicted molar refractivity (Wildman–Crippen MR) is 138 cm³/mol. The smallest absolute Gasteiger partial charge is 0.257 e. The highest BCUT2D eigenvalue weighted by atomic mass is 19.1. The third kappa shape index (κ3) is 6.36. The van der Waals surface area contributed by atoms with Crippen LogP contribution in [-0.2, 0) is 6.42 Å². The molecule has 3 atom stereocenters. The molecule has 1 aromatic carbocycles. The number of aromatic nitrogens is 1. The first-order valence-electron chi connectivity index (χ1n) is 13.0. The van der Waals surface area contributed by atoms with Crippen LogP contribution in [0.4, 0.5) is 8.78 Å². The lowest BCUT2D eigenvalue weighted by Crippen LogP contribution is -2.52. The quantitative estimate of drug-likeness (QED) is 0.410. The molecule has 1 amide bonds. The molecule has 2 aliphatic rings. The molecule has 0 unspecified atom stereocenters. The second kappa shape index (κ2) is 10.9. The standard InChI is InChI=1S/C29H37F2N3O3/c1-5-8-22(34-26(36)25-20(30)9-6-10-21(25)31)24(35)17-32-23-15-29(11-7-12-29)37-27-19(23)13-18(16-33-27)14-28(2,3)4/h5-6,9-10,13,16,22-24,32,35H,1,7-8,11-12,14-15,17H2,2-4H3,(H,34,36)/t22-,23-,24+/m0/s1. The Labute approximate surface area is 217 Å². The van der Waals surface area contributed by atoms with Crippen molar-refractivity contribution in [2.75, 3.05) is 6.54 Å². The Balaban J connectivity index is 1.49. The first kappa shape index (κ1) is 27.2. The number of pyridine rings is 1. The van der Waals surface area contributed by atoms with Crippen LogP contribution in [0.2, 0.25) is 0 Å². The van der Waals surface area contributed by atoms with Crippen molar-refractivity contribution in [3.8, 4) is 5.88 Å². The van der Waals surface area contributed by atoms with Crippen LogP contribution in [0.15, 0.2) is 43.1 Å². The van der Waals surface area contributed by atoms with Gasteiger partial charge in [0.25, 0.3) is 5.91 Å². The number of rotatable bonds is 9. The topological polar surface area (TPSA) is 83.5 Å². The van der Waals surface area contributed by atoms with E-state index in [0.717, 1.165) is 55.4 Å². The molecule has 37 heavy (non-hydrogen) atoms. The van der Waals surface area contributed by atoms with E-state index in [9.17, 15) is 18.7 Å². The Morgan fingerprint density at radius 3 is 2.62 bits per heavy atom. The summed E-state index contributed by atoms with van der Waals surface area (Å²) >= 11 is 0. The van der Waals surface area contributed by atoms with Crippen molar-refractivity contribution in [3.05, 3.63) is 71.4 Å². The summed E-state index contributed by atoms with van der Waals surface area (Å²) in [5.74, 6) is -2.19. The minimum Gasteiger partial charge on any atom is -0.471 e. The Bertz CT molecular complexity index is 1120. The van der Waals surface area contributed by atoms with Gasteiger partial charge in [0, 0.05) is 30.8 Å². The molecule has 1 aliphatic heterocycles. The molecule has 1 saturated carbocycles. The molecule has 1 aliphatic carbocycles. The molecule has 6 nitrogen and oxygen atoms in total. The number of fused-ring (bicyclic) bond motifs is 1. The highest BCUT2D eigenvalue weighted by Gasteiger charge is 2.46. The van der Waals surface area contributed by atoms with Gasteiger partial charge < -0.3 is 20.5 Å².